The molecule has 0 unspecified atom stereocenters. The molecule has 0 radical (unpaired) electrons. The summed E-state index contributed by atoms with van der Waals surface area (Å²) in [5.74, 6) is 0.905. The van der Waals surface area contributed by atoms with Crippen molar-refractivity contribution < 1.29 is 0 Å². The van der Waals surface area contributed by atoms with Crippen LogP contribution >= 0.6 is 11.6 Å². The summed E-state index contributed by atoms with van der Waals surface area (Å²) in [5.41, 5.74) is 2.44. The first-order valence-electron chi connectivity index (χ1n) is 5.55. The minimum absolute atomic E-state index is 0.270. The van der Waals surface area contributed by atoms with Crippen LogP contribution in [0.15, 0.2) is 24.4 Å². The van der Waals surface area contributed by atoms with Crippen molar-refractivity contribution in [2.45, 2.75) is 26.7 Å². The van der Waals surface area contributed by atoms with Gasteiger partial charge in [0.15, 0.2) is 5.82 Å². The van der Waals surface area contributed by atoms with E-state index in [1.54, 1.807) is 6.20 Å². The van der Waals surface area contributed by atoms with E-state index in [1.165, 1.54) is 0 Å². The van der Waals surface area contributed by atoms with Crippen LogP contribution in [0, 0.1) is 6.92 Å². The van der Waals surface area contributed by atoms with Gasteiger partial charge in [0.05, 0.1) is 16.4 Å². The highest BCUT2D eigenvalue weighted by Crippen LogP contribution is 2.26. The van der Waals surface area contributed by atoms with Crippen molar-refractivity contribution in [1.82, 2.24) is 15.0 Å². The number of nitrogens with zero attached hydrogens (tertiary/aromatic N) is 3. The molecule has 0 aliphatic rings. The predicted octanol–water partition coefficient (Wildman–Crippen LogP) is 3.62. The molecule has 3 nitrogen and oxygen atoms in total. The minimum atomic E-state index is 0.270. The van der Waals surface area contributed by atoms with Gasteiger partial charge >= 0.3 is 0 Å². The molecule has 0 fully saturated rings. The molecule has 2 aromatic heterocycles. The first-order valence-corrected chi connectivity index (χ1v) is 5.93. The largest absolute Gasteiger partial charge is 0.253 e. The summed E-state index contributed by atoms with van der Waals surface area (Å²) in [5, 5.41) is 0.652. The Kier molecular flexibility index (Phi) is 3.38. The van der Waals surface area contributed by atoms with Gasteiger partial charge < -0.3 is 0 Å². The molecule has 0 atom stereocenters. The average molecular weight is 248 g/mol. The number of pyridine rings is 1. The Morgan fingerprint density at radius 1 is 1.18 bits per heavy atom. The standard InChI is InChI=1S/C13H14ClN3/c1-8(2)12-11(14)9(3)16-13(17-12)10-6-4-5-7-15-10/h4-8H,1-3H3. The third kappa shape index (κ3) is 2.44. The minimum Gasteiger partial charge on any atom is -0.253 e. The van der Waals surface area contributed by atoms with Crippen molar-refractivity contribution in [3.63, 3.8) is 0 Å². The summed E-state index contributed by atoms with van der Waals surface area (Å²) >= 11 is 6.20. The highest BCUT2D eigenvalue weighted by atomic mass is 35.5. The maximum atomic E-state index is 6.20. The van der Waals surface area contributed by atoms with Crippen LogP contribution in [0.2, 0.25) is 5.02 Å². The molecular weight excluding hydrogens is 234 g/mol. The topological polar surface area (TPSA) is 38.7 Å². The molecule has 0 aliphatic heterocycles. The lowest BCUT2D eigenvalue weighted by atomic mass is 10.1. The Bertz CT molecular complexity index is 524. The Morgan fingerprint density at radius 3 is 2.53 bits per heavy atom. The van der Waals surface area contributed by atoms with E-state index < -0.39 is 0 Å². The molecule has 2 aromatic rings. The summed E-state index contributed by atoms with van der Waals surface area (Å²) < 4.78 is 0. The fourth-order valence-electron chi connectivity index (χ4n) is 1.57. The zero-order valence-corrected chi connectivity index (χ0v) is 10.9. The summed E-state index contributed by atoms with van der Waals surface area (Å²) in [4.78, 5) is 13.1. The quantitative estimate of drug-likeness (QED) is 0.814. The Morgan fingerprint density at radius 2 is 1.94 bits per heavy atom. The number of halogens is 1. The molecular formula is C13H14ClN3. The third-order valence-corrected chi connectivity index (χ3v) is 2.95. The molecule has 0 bridgehead atoms. The molecule has 4 heteroatoms. The molecule has 0 spiro atoms. The number of aromatic nitrogens is 3. The van der Waals surface area contributed by atoms with Gasteiger partial charge in [0.25, 0.3) is 0 Å². The van der Waals surface area contributed by atoms with Crippen LogP contribution in [0.3, 0.4) is 0 Å². The summed E-state index contributed by atoms with van der Waals surface area (Å²) in [6.45, 7) is 6.02. The fourth-order valence-corrected chi connectivity index (χ4v) is 1.88. The molecule has 0 amide bonds. The van der Waals surface area contributed by atoms with Crippen LogP contribution < -0.4 is 0 Å². The van der Waals surface area contributed by atoms with E-state index >= 15 is 0 Å². The predicted molar refractivity (Wildman–Crippen MR) is 69.1 cm³/mol. The number of aryl methyl sites for hydroxylation is 1. The van der Waals surface area contributed by atoms with Gasteiger partial charge in [-0.2, -0.15) is 0 Å². The first-order chi connectivity index (χ1) is 8.09. The summed E-state index contributed by atoms with van der Waals surface area (Å²) in [6.07, 6.45) is 1.73. The van der Waals surface area contributed by atoms with Gasteiger partial charge in [0.1, 0.15) is 5.69 Å². The van der Waals surface area contributed by atoms with Crippen LogP contribution in [-0.2, 0) is 0 Å². The molecule has 2 heterocycles. The number of hydrogen-bond acceptors (Lipinski definition) is 3. The van der Waals surface area contributed by atoms with Crippen molar-refractivity contribution in [3.05, 3.63) is 40.8 Å². The van der Waals surface area contributed by atoms with Crippen molar-refractivity contribution in [1.29, 1.82) is 0 Å². The molecule has 0 aliphatic carbocycles. The van der Waals surface area contributed by atoms with Crippen LogP contribution in [0.5, 0.6) is 0 Å². The zero-order valence-electron chi connectivity index (χ0n) is 10.1. The van der Waals surface area contributed by atoms with E-state index in [0.29, 0.717) is 10.8 Å². The van der Waals surface area contributed by atoms with Gasteiger partial charge in [-0.25, -0.2) is 9.97 Å². The second-order valence-corrected chi connectivity index (χ2v) is 4.58. The maximum Gasteiger partial charge on any atom is 0.178 e. The van der Waals surface area contributed by atoms with Crippen molar-refractivity contribution in [2.24, 2.45) is 0 Å². The van der Waals surface area contributed by atoms with E-state index in [2.05, 4.69) is 28.8 Å². The van der Waals surface area contributed by atoms with Crippen LogP contribution in [0.1, 0.15) is 31.2 Å². The second-order valence-electron chi connectivity index (χ2n) is 4.20. The SMILES string of the molecule is Cc1nc(-c2ccccn2)nc(C(C)C)c1Cl. The smallest absolute Gasteiger partial charge is 0.178 e. The lowest BCUT2D eigenvalue weighted by molar-refractivity contribution is 0.811. The lowest BCUT2D eigenvalue weighted by Crippen LogP contribution is -2.02. The van der Waals surface area contributed by atoms with Crippen molar-refractivity contribution >= 4 is 11.6 Å². The Balaban J connectivity index is 2.57. The molecule has 2 rings (SSSR count). The third-order valence-electron chi connectivity index (χ3n) is 2.48. The first kappa shape index (κ1) is 12.0. The van der Waals surface area contributed by atoms with E-state index in [4.69, 9.17) is 11.6 Å². The highest BCUT2D eigenvalue weighted by Gasteiger charge is 2.14. The molecule has 88 valence electrons. The van der Waals surface area contributed by atoms with Gasteiger partial charge in [-0.1, -0.05) is 31.5 Å². The summed E-state index contributed by atoms with van der Waals surface area (Å²) in [7, 11) is 0. The van der Waals surface area contributed by atoms with Gasteiger partial charge in [0.2, 0.25) is 0 Å². The van der Waals surface area contributed by atoms with Crippen LogP contribution in [-0.4, -0.2) is 15.0 Å². The molecule has 0 aromatic carbocycles. The zero-order chi connectivity index (χ0) is 12.4. The van der Waals surface area contributed by atoms with E-state index in [1.807, 2.05) is 25.1 Å². The fraction of sp³-hybridized carbons (Fsp3) is 0.308. The Hall–Kier alpha value is -1.48. The van der Waals surface area contributed by atoms with Gasteiger partial charge in [-0.3, -0.25) is 4.98 Å². The number of hydrogen-bond donors (Lipinski definition) is 0. The second kappa shape index (κ2) is 4.80. The van der Waals surface area contributed by atoms with E-state index in [9.17, 15) is 0 Å². The number of rotatable bonds is 2. The Labute approximate surface area is 106 Å². The van der Waals surface area contributed by atoms with E-state index in [0.717, 1.165) is 17.1 Å². The normalized spacial score (nSPS) is 10.9. The lowest BCUT2D eigenvalue weighted by Gasteiger charge is -2.10. The molecule has 17 heavy (non-hydrogen) atoms. The summed E-state index contributed by atoms with van der Waals surface area (Å²) in [6, 6.07) is 5.69. The maximum absolute atomic E-state index is 6.20. The average Bonchev–Trinajstić information content (AvgIpc) is 2.33. The monoisotopic (exact) mass is 247 g/mol. The van der Waals surface area contributed by atoms with Crippen molar-refractivity contribution in [3.8, 4) is 11.5 Å². The molecule has 0 saturated heterocycles. The van der Waals surface area contributed by atoms with Gasteiger partial charge in [-0.05, 0) is 25.0 Å². The highest BCUT2D eigenvalue weighted by molar-refractivity contribution is 6.31. The van der Waals surface area contributed by atoms with E-state index in [-0.39, 0.29) is 5.92 Å². The van der Waals surface area contributed by atoms with Crippen LogP contribution in [0.4, 0.5) is 0 Å². The van der Waals surface area contributed by atoms with Crippen LogP contribution in [0.25, 0.3) is 11.5 Å². The van der Waals surface area contributed by atoms with Crippen molar-refractivity contribution in [2.75, 3.05) is 0 Å². The van der Waals surface area contributed by atoms with Gasteiger partial charge in [0, 0.05) is 6.20 Å². The molecule has 0 N–H and O–H groups in total. The molecule has 0 saturated carbocycles. The van der Waals surface area contributed by atoms with Gasteiger partial charge in [-0.15, -0.1) is 0 Å².